The Morgan fingerprint density at radius 1 is 1.17 bits per heavy atom. The number of carbonyl (C=O) groups is 2. The number of nitrogens with one attached hydrogen (secondary N) is 1. The van der Waals surface area contributed by atoms with Crippen LogP contribution >= 0.6 is 0 Å². The molecule has 1 atom stereocenters. The summed E-state index contributed by atoms with van der Waals surface area (Å²) in [5.74, 6) is -0.247. The molecule has 0 saturated carbocycles. The summed E-state index contributed by atoms with van der Waals surface area (Å²) in [6.07, 6.45) is 1.08. The van der Waals surface area contributed by atoms with Crippen molar-refractivity contribution < 1.29 is 24.2 Å². The smallest absolute Gasteiger partial charge is 0.325 e. The average molecular weight is 323 g/mol. The molecule has 1 aromatic carbocycles. The Morgan fingerprint density at radius 3 is 2.17 bits per heavy atom. The second kappa shape index (κ2) is 7.85. The second-order valence-electron chi connectivity index (χ2n) is 5.39. The zero-order valence-electron chi connectivity index (χ0n) is 14.3. The fraction of sp³-hybridized carbons (Fsp3) is 0.529. The van der Waals surface area contributed by atoms with Gasteiger partial charge in [-0.15, -0.1) is 0 Å². The number of carboxylic acids is 1. The van der Waals surface area contributed by atoms with Crippen LogP contribution in [0.5, 0.6) is 11.5 Å². The van der Waals surface area contributed by atoms with Gasteiger partial charge in [0.15, 0.2) is 11.5 Å². The van der Waals surface area contributed by atoms with Gasteiger partial charge in [0.2, 0.25) is 5.91 Å². The first kappa shape index (κ1) is 18.8. The Kier molecular flexibility index (Phi) is 6.42. The molecule has 6 nitrogen and oxygen atoms in total. The molecule has 0 aliphatic rings. The predicted octanol–water partition coefficient (Wildman–Crippen LogP) is 2.35. The summed E-state index contributed by atoms with van der Waals surface area (Å²) in [4.78, 5) is 23.8. The number of hydrogen-bond donors (Lipinski definition) is 2. The summed E-state index contributed by atoms with van der Waals surface area (Å²) in [6.45, 7) is 5.27. The van der Waals surface area contributed by atoms with Crippen LogP contribution in [0.2, 0.25) is 0 Å². The zero-order chi connectivity index (χ0) is 17.6. The first-order valence-corrected chi connectivity index (χ1v) is 7.62. The Bertz CT molecular complexity index is 566. The number of carbonyl (C=O) groups excluding carboxylic acids is 1. The quantitative estimate of drug-likeness (QED) is 0.767. The van der Waals surface area contributed by atoms with Crippen molar-refractivity contribution in [2.24, 2.45) is 0 Å². The van der Waals surface area contributed by atoms with E-state index in [1.165, 1.54) is 14.0 Å². The van der Waals surface area contributed by atoms with Crippen LogP contribution in [0.4, 0.5) is 0 Å². The van der Waals surface area contributed by atoms with E-state index in [2.05, 4.69) is 5.32 Å². The fourth-order valence-electron chi connectivity index (χ4n) is 2.64. The fourth-order valence-corrected chi connectivity index (χ4v) is 2.64. The topological polar surface area (TPSA) is 84.9 Å². The van der Waals surface area contributed by atoms with Gasteiger partial charge >= 0.3 is 5.97 Å². The van der Waals surface area contributed by atoms with Gasteiger partial charge in [-0.05, 0) is 37.5 Å². The normalized spacial score (nSPS) is 12.4. The van der Waals surface area contributed by atoms with Gasteiger partial charge in [0.05, 0.1) is 19.6 Å². The van der Waals surface area contributed by atoms with Crippen molar-refractivity contribution in [3.8, 4) is 11.5 Å². The SMILES string of the molecule is CCC(CC)(C(=O)NC(C)C(=O)O)c1ccc(OC)c(OC)c1. The summed E-state index contributed by atoms with van der Waals surface area (Å²) in [5, 5.41) is 11.6. The maximum atomic E-state index is 12.8. The van der Waals surface area contributed by atoms with E-state index >= 15 is 0 Å². The van der Waals surface area contributed by atoms with E-state index in [-0.39, 0.29) is 5.91 Å². The van der Waals surface area contributed by atoms with Crippen LogP contribution in [0.1, 0.15) is 39.2 Å². The number of benzene rings is 1. The number of aliphatic carboxylic acids is 1. The van der Waals surface area contributed by atoms with Crippen molar-refractivity contribution in [2.75, 3.05) is 14.2 Å². The number of carboxylic acid groups (broad SMARTS) is 1. The van der Waals surface area contributed by atoms with E-state index in [4.69, 9.17) is 14.6 Å². The molecule has 23 heavy (non-hydrogen) atoms. The molecule has 0 spiro atoms. The largest absolute Gasteiger partial charge is 0.493 e. The molecule has 1 rings (SSSR count). The molecule has 6 heteroatoms. The van der Waals surface area contributed by atoms with Gasteiger partial charge in [0.25, 0.3) is 0 Å². The van der Waals surface area contributed by atoms with E-state index in [0.717, 1.165) is 5.56 Å². The average Bonchev–Trinajstić information content (AvgIpc) is 2.56. The zero-order valence-corrected chi connectivity index (χ0v) is 14.3. The summed E-state index contributed by atoms with van der Waals surface area (Å²) < 4.78 is 10.5. The second-order valence-corrected chi connectivity index (χ2v) is 5.39. The number of hydrogen-bond acceptors (Lipinski definition) is 4. The molecule has 0 aliphatic carbocycles. The first-order valence-electron chi connectivity index (χ1n) is 7.62. The van der Waals surface area contributed by atoms with Crippen molar-refractivity contribution in [3.05, 3.63) is 23.8 Å². The van der Waals surface area contributed by atoms with Crippen molar-refractivity contribution in [2.45, 2.75) is 45.1 Å². The highest BCUT2D eigenvalue weighted by Gasteiger charge is 2.38. The standard InChI is InChI=1S/C17H25NO5/c1-6-17(7-2,16(21)18-11(3)15(19)20)12-8-9-13(22-4)14(10-12)23-5/h8-11H,6-7H2,1-5H3,(H,18,21)(H,19,20). The van der Waals surface area contributed by atoms with E-state index in [9.17, 15) is 9.59 Å². The van der Waals surface area contributed by atoms with Crippen molar-refractivity contribution in [1.82, 2.24) is 5.32 Å². The Morgan fingerprint density at radius 2 is 1.74 bits per heavy atom. The third-order valence-electron chi connectivity index (χ3n) is 4.30. The Hall–Kier alpha value is -2.24. The Balaban J connectivity index is 3.28. The predicted molar refractivity (Wildman–Crippen MR) is 87.0 cm³/mol. The molecule has 0 aromatic heterocycles. The summed E-state index contributed by atoms with van der Waals surface area (Å²) in [5.41, 5.74) is -0.0428. The van der Waals surface area contributed by atoms with Gasteiger partial charge in [-0.1, -0.05) is 19.9 Å². The minimum atomic E-state index is -1.06. The highest BCUT2D eigenvalue weighted by Crippen LogP contribution is 2.37. The lowest BCUT2D eigenvalue weighted by Gasteiger charge is -2.32. The van der Waals surface area contributed by atoms with Crippen molar-refractivity contribution >= 4 is 11.9 Å². The van der Waals surface area contributed by atoms with Crippen LogP contribution in [-0.4, -0.2) is 37.2 Å². The van der Waals surface area contributed by atoms with E-state index in [1.807, 2.05) is 19.9 Å². The van der Waals surface area contributed by atoms with Gasteiger partial charge in [0, 0.05) is 0 Å². The van der Waals surface area contributed by atoms with Gasteiger partial charge in [-0.3, -0.25) is 9.59 Å². The molecule has 0 aliphatic heterocycles. The number of rotatable bonds is 8. The van der Waals surface area contributed by atoms with Crippen LogP contribution in [0.3, 0.4) is 0 Å². The third kappa shape index (κ3) is 3.75. The number of amides is 1. The van der Waals surface area contributed by atoms with Crippen molar-refractivity contribution in [3.63, 3.8) is 0 Å². The molecule has 0 heterocycles. The minimum absolute atomic E-state index is 0.301. The highest BCUT2D eigenvalue weighted by atomic mass is 16.5. The Labute approximate surface area is 136 Å². The molecule has 2 N–H and O–H groups in total. The molecule has 0 fully saturated rings. The highest BCUT2D eigenvalue weighted by molar-refractivity contribution is 5.91. The molecule has 0 radical (unpaired) electrons. The van der Waals surface area contributed by atoms with E-state index in [0.29, 0.717) is 24.3 Å². The molecular formula is C17H25NO5. The number of methoxy groups -OCH3 is 2. The molecule has 0 saturated heterocycles. The van der Waals surface area contributed by atoms with Crippen LogP contribution in [0.25, 0.3) is 0 Å². The molecule has 1 amide bonds. The summed E-state index contributed by atoms with van der Waals surface area (Å²) in [7, 11) is 3.08. The van der Waals surface area contributed by atoms with Crippen molar-refractivity contribution in [1.29, 1.82) is 0 Å². The molecule has 128 valence electrons. The van der Waals surface area contributed by atoms with Crippen LogP contribution < -0.4 is 14.8 Å². The lowest BCUT2D eigenvalue weighted by Crippen LogP contribution is -2.49. The number of ether oxygens (including phenoxy) is 2. The molecule has 1 aromatic rings. The van der Waals surface area contributed by atoms with E-state index < -0.39 is 17.4 Å². The van der Waals surface area contributed by atoms with Crippen LogP contribution in [-0.2, 0) is 15.0 Å². The summed E-state index contributed by atoms with van der Waals surface area (Å²) in [6, 6.07) is 4.40. The maximum absolute atomic E-state index is 12.8. The van der Waals surface area contributed by atoms with E-state index in [1.54, 1.807) is 19.2 Å². The lowest BCUT2D eigenvalue weighted by molar-refractivity contribution is -0.142. The minimum Gasteiger partial charge on any atom is -0.493 e. The van der Waals surface area contributed by atoms with Gasteiger partial charge in [-0.25, -0.2) is 0 Å². The molecule has 0 bridgehead atoms. The maximum Gasteiger partial charge on any atom is 0.325 e. The first-order chi connectivity index (χ1) is 10.9. The monoisotopic (exact) mass is 323 g/mol. The van der Waals surface area contributed by atoms with Gasteiger partial charge < -0.3 is 19.9 Å². The van der Waals surface area contributed by atoms with Gasteiger partial charge in [0.1, 0.15) is 6.04 Å². The van der Waals surface area contributed by atoms with Crippen LogP contribution in [0.15, 0.2) is 18.2 Å². The van der Waals surface area contributed by atoms with Crippen LogP contribution in [0, 0.1) is 0 Å². The third-order valence-corrected chi connectivity index (χ3v) is 4.30. The summed E-state index contributed by atoms with van der Waals surface area (Å²) >= 11 is 0. The lowest BCUT2D eigenvalue weighted by atomic mass is 9.74. The molecular weight excluding hydrogens is 298 g/mol. The van der Waals surface area contributed by atoms with Gasteiger partial charge in [-0.2, -0.15) is 0 Å². The molecule has 1 unspecified atom stereocenters.